The van der Waals surface area contributed by atoms with Crippen LogP contribution in [-0.4, -0.2) is 52.2 Å². The van der Waals surface area contributed by atoms with Gasteiger partial charge < -0.3 is 13.8 Å². The van der Waals surface area contributed by atoms with Crippen LogP contribution in [0.5, 0.6) is 0 Å². The molecule has 0 bridgehead atoms. The zero-order valence-electron chi connectivity index (χ0n) is 16.3. The highest BCUT2D eigenvalue weighted by Gasteiger charge is 2.30. The van der Waals surface area contributed by atoms with E-state index >= 15 is 0 Å². The average molecular weight is 399 g/mol. The van der Waals surface area contributed by atoms with E-state index in [1.165, 1.54) is 12.1 Å². The third kappa shape index (κ3) is 4.29. The van der Waals surface area contributed by atoms with Crippen molar-refractivity contribution in [2.24, 2.45) is 0 Å². The molecule has 1 aliphatic heterocycles. The number of nitrogens with one attached hydrogen (secondary N) is 1. The van der Waals surface area contributed by atoms with Gasteiger partial charge in [-0.25, -0.2) is 14.2 Å². The minimum atomic E-state index is -0.409. The molecule has 152 valence electrons. The molecule has 9 heteroatoms. The molecule has 1 fully saturated rings. The summed E-state index contributed by atoms with van der Waals surface area (Å²) in [5, 5.41) is 6.54. The quantitative estimate of drug-likeness (QED) is 0.706. The van der Waals surface area contributed by atoms with Gasteiger partial charge in [0.15, 0.2) is 11.6 Å². The molecule has 0 saturated carbocycles. The monoisotopic (exact) mass is 399 g/mol. The number of halogens is 1. The molecule has 1 N–H and O–H groups in total. The molecule has 0 radical (unpaired) electrons. The van der Waals surface area contributed by atoms with Gasteiger partial charge in [0, 0.05) is 25.2 Å². The number of carbonyl (C=O) groups excluding carboxylic acids is 1. The summed E-state index contributed by atoms with van der Waals surface area (Å²) in [6.07, 6.45) is 2.55. The Bertz CT molecular complexity index is 1000. The molecule has 0 aliphatic carbocycles. The first-order valence-corrected chi connectivity index (χ1v) is 9.38. The maximum atomic E-state index is 13.9. The second-order valence-electron chi connectivity index (χ2n) is 7.15. The van der Waals surface area contributed by atoms with Gasteiger partial charge >= 0.3 is 6.03 Å². The number of hydrogen-bond acceptors (Lipinski definition) is 6. The average Bonchev–Trinajstić information content (AvgIpc) is 3.43. The van der Waals surface area contributed by atoms with Crippen LogP contribution in [0.3, 0.4) is 0 Å². The van der Waals surface area contributed by atoms with E-state index in [2.05, 4.69) is 20.4 Å². The van der Waals surface area contributed by atoms with Gasteiger partial charge in [-0.3, -0.25) is 10.2 Å². The Morgan fingerprint density at radius 2 is 2.24 bits per heavy atom. The summed E-state index contributed by atoms with van der Waals surface area (Å²) in [7, 11) is 1.99. The molecular formula is C20H22FN5O3. The van der Waals surface area contributed by atoms with Crippen molar-refractivity contribution in [3.05, 3.63) is 54.0 Å². The van der Waals surface area contributed by atoms with Crippen molar-refractivity contribution in [2.45, 2.75) is 25.9 Å². The van der Waals surface area contributed by atoms with Gasteiger partial charge in [-0.2, -0.15) is 0 Å². The minimum absolute atomic E-state index is 0.208. The van der Waals surface area contributed by atoms with Crippen LogP contribution in [0.2, 0.25) is 0 Å². The number of likely N-dealkylation sites (tertiary alicyclic amines) is 1. The number of oxazole rings is 1. The van der Waals surface area contributed by atoms with E-state index in [0.717, 1.165) is 12.2 Å². The lowest BCUT2D eigenvalue weighted by Gasteiger charge is -2.23. The summed E-state index contributed by atoms with van der Waals surface area (Å²) in [5.74, 6) is 1.55. The molecule has 1 saturated heterocycles. The van der Waals surface area contributed by atoms with Gasteiger partial charge in [0.1, 0.15) is 11.6 Å². The van der Waals surface area contributed by atoms with Crippen LogP contribution in [0.4, 0.5) is 15.0 Å². The number of benzene rings is 1. The molecule has 3 aromatic rings. The standard InChI is InChI=1S/C20H22FN5O3/c1-13-10-22-19(28-13)12-25(2)14-7-8-26(11-14)20(27)23-18-9-17(29-24-18)15-5-3-4-6-16(15)21/h3-6,9-10,14H,7-8,11-12H2,1-2H3,(H,23,24,27). The van der Waals surface area contributed by atoms with Gasteiger partial charge in [-0.1, -0.05) is 17.3 Å². The summed E-state index contributed by atoms with van der Waals surface area (Å²) >= 11 is 0. The molecule has 4 rings (SSSR count). The van der Waals surface area contributed by atoms with Crippen LogP contribution in [0.15, 0.2) is 45.5 Å². The SMILES string of the molecule is Cc1cnc(CN(C)C2CCN(C(=O)Nc3cc(-c4ccccc4F)on3)C2)o1. The summed E-state index contributed by atoms with van der Waals surface area (Å²) in [4.78, 5) is 20.6. The van der Waals surface area contributed by atoms with E-state index in [4.69, 9.17) is 8.94 Å². The van der Waals surface area contributed by atoms with Gasteiger partial charge in [-0.05, 0) is 32.5 Å². The molecule has 1 aromatic carbocycles. The number of likely N-dealkylation sites (N-methyl/N-ethyl adjacent to an activating group) is 1. The highest BCUT2D eigenvalue weighted by atomic mass is 19.1. The van der Waals surface area contributed by atoms with E-state index in [1.54, 1.807) is 29.3 Å². The van der Waals surface area contributed by atoms with Gasteiger partial charge in [-0.15, -0.1) is 0 Å². The molecule has 8 nitrogen and oxygen atoms in total. The van der Waals surface area contributed by atoms with Crippen LogP contribution < -0.4 is 5.32 Å². The normalized spacial score (nSPS) is 16.6. The van der Waals surface area contributed by atoms with E-state index in [1.807, 2.05) is 14.0 Å². The summed E-state index contributed by atoms with van der Waals surface area (Å²) in [6, 6.07) is 7.71. The smallest absolute Gasteiger partial charge is 0.323 e. The molecule has 3 heterocycles. The van der Waals surface area contributed by atoms with Gasteiger partial charge in [0.05, 0.1) is 18.3 Å². The Morgan fingerprint density at radius 1 is 1.41 bits per heavy atom. The molecule has 29 heavy (non-hydrogen) atoms. The summed E-state index contributed by atoms with van der Waals surface area (Å²) in [5.41, 5.74) is 0.296. The Labute approximate surface area is 167 Å². The van der Waals surface area contributed by atoms with E-state index in [9.17, 15) is 9.18 Å². The number of aryl methyl sites for hydroxylation is 1. The third-order valence-corrected chi connectivity index (χ3v) is 5.01. The first kappa shape index (κ1) is 19.1. The highest BCUT2D eigenvalue weighted by molar-refractivity contribution is 5.89. The number of hydrogen-bond donors (Lipinski definition) is 1. The molecule has 1 unspecified atom stereocenters. The van der Waals surface area contributed by atoms with Gasteiger partial charge in [0.25, 0.3) is 0 Å². The maximum absolute atomic E-state index is 13.9. The fourth-order valence-corrected chi connectivity index (χ4v) is 3.41. The number of aromatic nitrogens is 2. The second kappa shape index (κ2) is 8.04. The number of carbonyl (C=O) groups is 1. The lowest BCUT2D eigenvalue weighted by atomic mass is 10.1. The van der Waals surface area contributed by atoms with Crippen molar-refractivity contribution in [3.63, 3.8) is 0 Å². The lowest BCUT2D eigenvalue weighted by molar-refractivity contribution is 0.199. The number of anilines is 1. The molecule has 1 atom stereocenters. The van der Waals surface area contributed by atoms with Crippen molar-refractivity contribution in [1.29, 1.82) is 0 Å². The zero-order valence-corrected chi connectivity index (χ0v) is 16.3. The van der Waals surface area contributed by atoms with Crippen LogP contribution >= 0.6 is 0 Å². The van der Waals surface area contributed by atoms with Crippen molar-refractivity contribution >= 4 is 11.8 Å². The lowest BCUT2D eigenvalue weighted by Crippen LogP contribution is -2.38. The van der Waals surface area contributed by atoms with Gasteiger partial charge in [0.2, 0.25) is 5.89 Å². The first-order valence-electron chi connectivity index (χ1n) is 9.38. The Balaban J connectivity index is 1.33. The fraction of sp³-hybridized carbons (Fsp3) is 0.350. The number of nitrogens with zero attached hydrogens (tertiary/aromatic N) is 4. The fourth-order valence-electron chi connectivity index (χ4n) is 3.41. The second-order valence-corrected chi connectivity index (χ2v) is 7.15. The summed E-state index contributed by atoms with van der Waals surface area (Å²) < 4.78 is 24.6. The number of rotatable bonds is 5. The predicted molar refractivity (Wildman–Crippen MR) is 104 cm³/mol. The van der Waals surface area contributed by atoms with Crippen LogP contribution in [0, 0.1) is 12.7 Å². The maximum Gasteiger partial charge on any atom is 0.323 e. The van der Waals surface area contributed by atoms with E-state index in [-0.39, 0.29) is 23.7 Å². The molecule has 2 amide bonds. The number of amides is 2. The Hall–Kier alpha value is -3.20. The highest BCUT2D eigenvalue weighted by Crippen LogP contribution is 2.25. The molecular weight excluding hydrogens is 377 g/mol. The number of urea groups is 1. The Kier molecular flexibility index (Phi) is 5.30. The van der Waals surface area contributed by atoms with Crippen molar-refractivity contribution in [3.8, 4) is 11.3 Å². The van der Waals surface area contributed by atoms with Crippen LogP contribution in [0.25, 0.3) is 11.3 Å². The Morgan fingerprint density at radius 3 is 3.00 bits per heavy atom. The molecule has 1 aliphatic rings. The first-order chi connectivity index (χ1) is 14.0. The van der Waals surface area contributed by atoms with Crippen molar-refractivity contribution < 1.29 is 18.1 Å². The summed E-state index contributed by atoms with van der Waals surface area (Å²) in [6.45, 7) is 3.66. The minimum Gasteiger partial charge on any atom is -0.445 e. The van der Waals surface area contributed by atoms with E-state index in [0.29, 0.717) is 31.1 Å². The largest absolute Gasteiger partial charge is 0.445 e. The molecule has 0 spiro atoms. The van der Waals surface area contributed by atoms with Crippen molar-refractivity contribution in [2.75, 3.05) is 25.5 Å². The van der Waals surface area contributed by atoms with E-state index < -0.39 is 5.82 Å². The van der Waals surface area contributed by atoms with Crippen LogP contribution in [0.1, 0.15) is 18.1 Å². The predicted octanol–water partition coefficient (Wildman–Crippen LogP) is 3.52. The van der Waals surface area contributed by atoms with Crippen LogP contribution in [-0.2, 0) is 6.54 Å². The molecule has 2 aromatic heterocycles. The third-order valence-electron chi connectivity index (χ3n) is 5.01. The topological polar surface area (TPSA) is 87.6 Å². The van der Waals surface area contributed by atoms with Crippen molar-refractivity contribution in [1.82, 2.24) is 19.9 Å². The zero-order chi connectivity index (χ0) is 20.4.